The van der Waals surface area contributed by atoms with Crippen molar-refractivity contribution in [3.05, 3.63) is 331 Å². The monoisotopic (exact) mass is 1330 g/mol. The average molecular weight is 1340 g/mol. The Hall–Kier alpha value is -9.74. The van der Waals surface area contributed by atoms with Gasteiger partial charge in [0.05, 0.1) is 13.2 Å². The van der Waals surface area contributed by atoms with E-state index in [1.54, 1.807) is 0 Å². The molecule has 10 nitrogen and oxygen atoms in total. The van der Waals surface area contributed by atoms with E-state index in [2.05, 4.69) is 143 Å². The fraction of sp³-hybridized carbons (Fsp3) is 0.311. The maximum atomic E-state index is 14.2. The number of nitrogens with one attached hydrogen (secondary N) is 2. The van der Waals surface area contributed by atoms with E-state index in [1.807, 2.05) is 182 Å². The molecule has 10 aromatic rings. The van der Waals surface area contributed by atoms with Gasteiger partial charge in [0.2, 0.25) is 11.8 Å². The zero-order chi connectivity index (χ0) is 71.0. The summed E-state index contributed by atoms with van der Waals surface area (Å²) in [5.41, 5.74) is 18.1. The molecule has 0 aromatic heterocycles. The second-order valence-electron chi connectivity index (χ2n) is 31.0. The number of hydrogen-bond donors (Lipinski definition) is 4. The van der Waals surface area contributed by atoms with Gasteiger partial charge in [-0.25, -0.2) is 11.0 Å². The lowest BCUT2D eigenvalue weighted by atomic mass is 9.79. The summed E-state index contributed by atoms with van der Waals surface area (Å²) in [5, 5.41) is 26.1. The molecule has 0 spiro atoms. The first-order valence-electron chi connectivity index (χ1n) is 35.3. The van der Waals surface area contributed by atoms with Crippen molar-refractivity contribution >= 4 is 11.8 Å². The van der Waals surface area contributed by atoms with Crippen LogP contribution in [0.1, 0.15) is 209 Å². The minimum atomic E-state index is -1.16. The van der Waals surface area contributed by atoms with Crippen molar-refractivity contribution in [3.63, 3.8) is 0 Å². The van der Waals surface area contributed by atoms with Crippen LogP contribution in [0.2, 0.25) is 0 Å². The summed E-state index contributed by atoms with van der Waals surface area (Å²) in [4.78, 5) is 41.9. The number of hydrogen-bond acceptors (Lipinski definition) is 8. The quantitative estimate of drug-likeness (QED) is 0.0337. The van der Waals surface area contributed by atoms with Gasteiger partial charge < -0.3 is 19.7 Å². The van der Waals surface area contributed by atoms with Gasteiger partial charge >= 0.3 is 0 Å². The number of aromatic hydroxyl groups is 2. The van der Waals surface area contributed by atoms with Gasteiger partial charge in [0, 0.05) is 38.5 Å². The predicted octanol–water partition coefficient (Wildman–Crippen LogP) is 19.4. The van der Waals surface area contributed by atoms with Crippen LogP contribution in [0, 0.1) is 0 Å². The zero-order valence-electron chi connectivity index (χ0n) is 60.4. The number of amides is 2. The summed E-state index contributed by atoms with van der Waals surface area (Å²) in [6.45, 7) is 26.8. The molecular weight excluding hydrogens is 1240 g/mol. The van der Waals surface area contributed by atoms with E-state index in [9.17, 15) is 19.8 Å². The van der Waals surface area contributed by atoms with E-state index >= 15 is 0 Å². The van der Waals surface area contributed by atoms with E-state index in [0.29, 0.717) is 50.0 Å². The summed E-state index contributed by atoms with van der Waals surface area (Å²) < 4.78 is 14.2. The Morgan fingerprint density at radius 1 is 0.310 bits per heavy atom. The van der Waals surface area contributed by atoms with E-state index in [-0.39, 0.29) is 71.0 Å². The lowest BCUT2D eigenvalue weighted by Gasteiger charge is -2.35. The van der Waals surface area contributed by atoms with Crippen molar-refractivity contribution in [2.75, 3.05) is 13.2 Å². The van der Waals surface area contributed by atoms with Gasteiger partial charge in [0.15, 0.2) is 11.2 Å². The van der Waals surface area contributed by atoms with Gasteiger partial charge in [-0.1, -0.05) is 314 Å². The second-order valence-corrected chi connectivity index (χ2v) is 31.0. The van der Waals surface area contributed by atoms with Gasteiger partial charge in [0.25, 0.3) is 0 Å². The summed E-state index contributed by atoms with van der Waals surface area (Å²) in [6.07, 6.45) is 2.16. The van der Waals surface area contributed by atoms with E-state index in [4.69, 9.17) is 19.1 Å². The van der Waals surface area contributed by atoms with Crippen LogP contribution in [0.5, 0.6) is 23.0 Å². The van der Waals surface area contributed by atoms with Crippen LogP contribution in [0.3, 0.4) is 0 Å². The van der Waals surface area contributed by atoms with Crippen molar-refractivity contribution in [2.24, 2.45) is 0 Å². The summed E-state index contributed by atoms with van der Waals surface area (Å²) in [5.74, 6) is 1.06. The van der Waals surface area contributed by atoms with Crippen LogP contribution in [0.25, 0.3) is 0 Å². The number of rotatable bonds is 20. The van der Waals surface area contributed by atoms with Gasteiger partial charge in [-0.2, -0.15) is 0 Å². The normalized spacial score (nSPS) is 12.9. The number of fused-ring (bicyclic) bond motifs is 8. The predicted molar refractivity (Wildman–Crippen MR) is 401 cm³/mol. The molecule has 0 saturated carbocycles. The van der Waals surface area contributed by atoms with Crippen molar-refractivity contribution in [2.45, 2.75) is 167 Å². The third kappa shape index (κ3) is 16.1. The van der Waals surface area contributed by atoms with Gasteiger partial charge in [-0.15, -0.1) is 0 Å². The highest BCUT2D eigenvalue weighted by molar-refractivity contribution is 5.75. The third-order valence-electron chi connectivity index (χ3n) is 19.3. The lowest BCUT2D eigenvalue weighted by molar-refractivity contribution is -0.144. The van der Waals surface area contributed by atoms with E-state index in [0.717, 1.165) is 100 Å². The van der Waals surface area contributed by atoms with Gasteiger partial charge in [-0.3, -0.25) is 19.3 Å². The Kier molecular flexibility index (Phi) is 21.5. The topological polar surface area (TPSA) is 136 Å². The Morgan fingerprint density at radius 3 is 0.710 bits per heavy atom. The first kappa shape index (κ1) is 71.5. The largest absolute Gasteiger partial charge is 0.507 e. The van der Waals surface area contributed by atoms with Crippen LogP contribution >= 0.6 is 0 Å². The summed E-state index contributed by atoms with van der Waals surface area (Å²) in [7, 11) is 0. The van der Waals surface area contributed by atoms with Crippen LogP contribution in [-0.2, 0) is 77.8 Å². The molecular formula is C90H98N2O8. The molecule has 11 rings (SSSR count). The maximum absolute atomic E-state index is 14.2. The Morgan fingerprint density at radius 2 is 0.510 bits per heavy atom. The molecule has 8 bridgehead atoms. The minimum absolute atomic E-state index is 0.0992. The van der Waals surface area contributed by atoms with Crippen LogP contribution in [0.4, 0.5) is 0 Å². The Bertz CT molecular complexity index is 3870. The number of phenols is 2. The molecule has 0 heterocycles. The van der Waals surface area contributed by atoms with Crippen molar-refractivity contribution in [1.29, 1.82) is 0 Å². The number of ether oxygens (including phenoxy) is 2. The highest BCUT2D eigenvalue weighted by Crippen LogP contribution is 2.46. The third-order valence-corrected chi connectivity index (χ3v) is 19.3. The first-order valence-corrected chi connectivity index (χ1v) is 35.3. The fourth-order valence-electron chi connectivity index (χ4n) is 13.6. The standard InChI is InChI=1S/C90H98N2O8/c1-85(2,3)75-53-61-49-65-57-77(87(7,8)9)59-67(83(65)97-47-31-45-79(93)91-99-89(69-33-19-13-20-34-69,70-35-21-14-22-36-70)71-37-23-15-24-38-71)51-63-55-76(86(4,5)6)56-64(82(63)96)52-68-60-78(88(10,11)12)58-66(50-62(54-75)81(61)95)84(68)98-48-32-46-80(94)92-100-90(72-39-25-16-26-40-72,73-41-27-17-28-42-73)74-43-29-18-30-44-74/h13-30,33-44,53-60,95-96H,31-32,45-52H2,1-12H3,(H,91,93)(H,92,94). The molecule has 516 valence electrons. The second kappa shape index (κ2) is 30.0. The SMILES string of the molecule is CC(C)(C)c1cc2c(O)c(c1)Cc1cc(C(C)(C)C)cc(c1OCCCC(=O)NOC(c1ccccc1)(c1ccccc1)c1ccccc1)Cc1cc(C(C)(C)C)cc(c1O)Cc1cc(C(C)(C)C)cc(c1OCCCC(=O)NOC(c1ccccc1)(c1ccccc1)c1ccccc1)C2. The summed E-state index contributed by atoms with van der Waals surface area (Å²) in [6, 6.07) is 77.1. The summed E-state index contributed by atoms with van der Waals surface area (Å²) >= 11 is 0. The highest BCUT2D eigenvalue weighted by atomic mass is 16.7. The number of phenolic OH excluding ortho intramolecular Hbond substituents is 2. The van der Waals surface area contributed by atoms with E-state index in [1.165, 1.54) is 0 Å². The lowest BCUT2D eigenvalue weighted by Crippen LogP contribution is -2.40. The van der Waals surface area contributed by atoms with Gasteiger partial charge in [0.1, 0.15) is 23.0 Å². The zero-order valence-corrected chi connectivity index (χ0v) is 60.4. The molecule has 1 aliphatic rings. The average Bonchev–Trinajstić information content (AvgIpc) is 0.776. The molecule has 0 aliphatic heterocycles. The minimum Gasteiger partial charge on any atom is -0.507 e. The highest BCUT2D eigenvalue weighted by Gasteiger charge is 2.41. The number of carbonyl (C=O) groups is 2. The van der Waals surface area contributed by atoms with Gasteiger partial charge in [-0.05, 0) is 135 Å². The van der Waals surface area contributed by atoms with Crippen LogP contribution in [0.15, 0.2) is 231 Å². The van der Waals surface area contributed by atoms with Crippen molar-refractivity contribution in [3.8, 4) is 23.0 Å². The molecule has 100 heavy (non-hydrogen) atoms. The molecule has 4 N–H and O–H groups in total. The van der Waals surface area contributed by atoms with Crippen LogP contribution in [-0.4, -0.2) is 35.2 Å². The number of hydroxylamine groups is 2. The first-order chi connectivity index (χ1) is 47.7. The molecule has 0 saturated heterocycles. The van der Waals surface area contributed by atoms with Crippen molar-refractivity contribution < 1.29 is 39.0 Å². The van der Waals surface area contributed by atoms with Crippen molar-refractivity contribution in [1.82, 2.24) is 11.0 Å². The molecule has 1 aliphatic carbocycles. The smallest absolute Gasteiger partial charge is 0.243 e. The number of carbonyl (C=O) groups excluding carboxylic acids is 2. The molecule has 2 amide bonds. The van der Waals surface area contributed by atoms with Crippen LogP contribution < -0.4 is 20.4 Å². The Balaban J connectivity index is 0.942. The molecule has 0 unspecified atom stereocenters. The van der Waals surface area contributed by atoms with E-state index < -0.39 is 11.2 Å². The molecule has 0 fully saturated rings. The molecule has 10 aromatic carbocycles. The molecule has 0 radical (unpaired) electrons. The molecule has 10 heteroatoms. The Labute approximate surface area is 592 Å². The number of benzene rings is 10. The molecule has 0 atom stereocenters. The maximum Gasteiger partial charge on any atom is 0.243 e. The fourth-order valence-corrected chi connectivity index (χ4v) is 13.6.